The van der Waals surface area contributed by atoms with Gasteiger partial charge in [0.15, 0.2) is 0 Å². The first kappa shape index (κ1) is 17.1. The predicted octanol–water partition coefficient (Wildman–Crippen LogP) is 0.483. The van der Waals surface area contributed by atoms with Gasteiger partial charge in [0.1, 0.15) is 11.6 Å². The number of amides is 1. The summed E-state index contributed by atoms with van der Waals surface area (Å²) < 4.78 is 6.92. The zero-order valence-electron chi connectivity index (χ0n) is 14.2. The van der Waals surface area contributed by atoms with Gasteiger partial charge >= 0.3 is 0 Å². The van der Waals surface area contributed by atoms with Crippen LogP contribution < -0.4 is 16.2 Å². The first-order valence-electron chi connectivity index (χ1n) is 8.14. The van der Waals surface area contributed by atoms with Gasteiger partial charge in [0.25, 0.3) is 5.91 Å². The first-order valence-corrected chi connectivity index (χ1v) is 8.14. The molecule has 0 saturated carbocycles. The fraction of sp³-hybridized carbons (Fsp3) is 0.412. The van der Waals surface area contributed by atoms with Gasteiger partial charge in [-0.2, -0.15) is 0 Å². The van der Waals surface area contributed by atoms with Gasteiger partial charge in [-0.1, -0.05) is 0 Å². The molecular formula is C17H21N5O3. The Morgan fingerprint density at radius 3 is 2.92 bits per heavy atom. The van der Waals surface area contributed by atoms with Gasteiger partial charge < -0.3 is 19.9 Å². The highest BCUT2D eigenvalue weighted by Gasteiger charge is 2.28. The minimum atomic E-state index is -0.215. The van der Waals surface area contributed by atoms with Gasteiger partial charge in [0.05, 0.1) is 24.3 Å². The number of carbonyl (C=O) groups excluding carboxylic acids is 1. The molecule has 1 aliphatic rings. The number of ether oxygens (including phenoxy) is 1. The Hall–Kier alpha value is -2.74. The molecule has 1 saturated heterocycles. The molecular weight excluding hydrogens is 322 g/mol. The van der Waals surface area contributed by atoms with Gasteiger partial charge in [-0.05, 0) is 25.5 Å². The second-order valence-electron chi connectivity index (χ2n) is 6.05. The van der Waals surface area contributed by atoms with Crippen molar-refractivity contribution in [2.75, 3.05) is 18.5 Å². The van der Waals surface area contributed by atoms with Crippen LogP contribution in [0.5, 0.6) is 0 Å². The van der Waals surface area contributed by atoms with Gasteiger partial charge in [-0.3, -0.25) is 9.59 Å². The van der Waals surface area contributed by atoms with Crippen molar-refractivity contribution in [2.45, 2.75) is 25.4 Å². The fourth-order valence-electron chi connectivity index (χ4n) is 2.76. The summed E-state index contributed by atoms with van der Waals surface area (Å²) >= 11 is 0. The smallest absolute Gasteiger partial charge is 0.253 e. The molecule has 0 aliphatic carbocycles. The van der Waals surface area contributed by atoms with E-state index in [9.17, 15) is 9.59 Å². The summed E-state index contributed by atoms with van der Waals surface area (Å²) in [5.41, 5.74) is 0.298. The van der Waals surface area contributed by atoms with Crippen molar-refractivity contribution >= 4 is 11.7 Å². The third kappa shape index (κ3) is 4.21. The SMILES string of the molecule is Cc1nccc(N[C@@H]2COCC[C@@H]2NC(=O)c2ccc(=O)n(C)c2)n1. The molecule has 1 amide bonds. The number of anilines is 1. The topological polar surface area (TPSA) is 98.1 Å². The van der Waals surface area contributed by atoms with E-state index in [0.29, 0.717) is 36.8 Å². The molecule has 2 aromatic rings. The quantitative estimate of drug-likeness (QED) is 0.838. The summed E-state index contributed by atoms with van der Waals surface area (Å²) in [5.74, 6) is 1.16. The molecule has 0 spiro atoms. The van der Waals surface area contributed by atoms with Crippen molar-refractivity contribution in [3.8, 4) is 0 Å². The Kier molecular flexibility index (Phi) is 5.08. The maximum atomic E-state index is 12.5. The Morgan fingerprint density at radius 1 is 1.32 bits per heavy atom. The number of nitrogens with one attached hydrogen (secondary N) is 2. The van der Waals surface area contributed by atoms with Crippen LogP contribution in [-0.4, -0.2) is 45.7 Å². The van der Waals surface area contributed by atoms with Crippen molar-refractivity contribution in [3.05, 3.63) is 52.3 Å². The average molecular weight is 343 g/mol. The van der Waals surface area contributed by atoms with E-state index in [-0.39, 0.29) is 23.6 Å². The van der Waals surface area contributed by atoms with E-state index in [1.807, 2.05) is 6.92 Å². The van der Waals surface area contributed by atoms with Crippen LogP contribution in [0.2, 0.25) is 0 Å². The summed E-state index contributed by atoms with van der Waals surface area (Å²) in [5, 5.41) is 6.33. The van der Waals surface area contributed by atoms with E-state index in [2.05, 4.69) is 20.6 Å². The Labute approximate surface area is 145 Å². The molecule has 8 nitrogen and oxygen atoms in total. The maximum Gasteiger partial charge on any atom is 0.253 e. The molecule has 3 rings (SSSR count). The minimum absolute atomic E-state index is 0.0977. The summed E-state index contributed by atoms with van der Waals surface area (Å²) in [7, 11) is 1.62. The number of pyridine rings is 1. The van der Waals surface area contributed by atoms with E-state index in [4.69, 9.17) is 4.74 Å². The lowest BCUT2D eigenvalue weighted by molar-refractivity contribution is 0.0619. The molecule has 0 unspecified atom stereocenters. The second kappa shape index (κ2) is 7.43. The molecule has 0 aromatic carbocycles. The second-order valence-corrected chi connectivity index (χ2v) is 6.05. The summed E-state index contributed by atoms with van der Waals surface area (Å²) in [4.78, 5) is 32.4. The molecule has 0 radical (unpaired) electrons. The maximum absolute atomic E-state index is 12.5. The largest absolute Gasteiger partial charge is 0.379 e. The van der Waals surface area contributed by atoms with Crippen LogP contribution in [0.15, 0.2) is 35.4 Å². The van der Waals surface area contributed by atoms with Crippen LogP contribution in [0.25, 0.3) is 0 Å². The summed E-state index contributed by atoms with van der Waals surface area (Å²) in [6, 6.07) is 4.51. The van der Waals surface area contributed by atoms with Crippen LogP contribution in [-0.2, 0) is 11.8 Å². The highest BCUT2D eigenvalue weighted by atomic mass is 16.5. The Bertz CT molecular complexity index is 820. The van der Waals surface area contributed by atoms with E-state index in [1.165, 1.54) is 22.9 Å². The molecule has 8 heteroatoms. The number of rotatable bonds is 4. The van der Waals surface area contributed by atoms with Crippen LogP contribution in [0.1, 0.15) is 22.6 Å². The van der Waals surface area contributed by atoms with Crippen molar-refractivity contribution in [1.82, 2.24) is 19.9 Å². The third-order valence-corrected chi connectivity index (χ3v) is 4.13. The lowest BCUT2D eigenvalue weighted by Crippen LogP contribution is -2.52. The van der Waals surface area contributed by atoms with E-state index < -0.39 is 0 Å². The van der Waals surface area contributed by atoms with Gasteiger partial charge in [0, 0.05) is 32.1 Å². The molecule has 1 aliphatic heterocycles. The first-order chi connectivity index (χ1) is 12.0. The zero-order chi connectivity index (χ0) is 17.8. The number of hydrogen-bond donors (Lipinski definition) is 2. The predicted molar refractivity (Wildman–Crippen MR) is 92.6 cm³/mol. The van der Waals surface area contributed by atoms with Crippen LogP contribution in [0, 0.1) is 6.92 Å². The van der Waals surface area contributed by atoms with Crippen molar-refractivity contribution < 1.29 is 9.53 Å². The van der Waals surface area contributed by atoms with E-state index in [0.717, 1.165) is 0 Å². The highest BCUT2D eigenvalue weighted by molar-refractivity contribution is 5.94. The van der Waals surface area contributed by atoms with Crippen LogP contribution in [0.3, 0.4) is 0 Å². The molecule has 0 bridgehead atoms. The molecule has 2 aromatic heterocycles. The third-order valence-electron chi connectivity index (χ3n) is 4.13. The lowest BCUT2D eigenvalue weighted by Gasteiger charge is -2.33. The van der Waals surface area contributed by atoms with Gasteiger partial charge in [-0.15, -0.1) is 0 Å². The van der Waals surface area contributed by atoms with Crippen molar-refractivity contribution in [1.29, 1.82) is 0 Å². The van der Waals surface area contributed by atoms with Gasteiger partial charge in [0.2, 0.25) is 5.56 Å². The molecule has 2 N–H and O–H groups in total. The number of aryl methyl sites for hydroxylation is 2. The molecule has 3 heterocycles. The standard InChI is InChI=1S/C17H21N5O3/c1-11-18-7-5-15(19-11)20-14-10-25-8-6-13(14)21-17(24)12-3-4-16(23)22(2)9-12/h3-5,7,9,13-14H,6,8,10H2,1-2H3,(H,21,24)(H,18,19,20)/t13-,14+/m0/s1. The normalized spacial score (nSPS) is 20.1. The van der Waals surface area contributed by atoms with Crippen molar-refractivity contribution in [2.24, 2.45) is 7.05 Å². The Balaban J connectivity index is 1.71. The number of hydrogen-bond acceptors (Lipinski definition) is 6. The van der Waals surface area contributed by atoms with Gasteiger partial charge in [-0.25, -0.2) is 9.97 Å². The highest BCUT2D eigenvalue weighted by Crippen LogP contribution is 2.14. The fourth-order valence-corrected chi connectivity index (χ4v) is 2.76. The van der Waals surface area contributed by atoms with E-state index >= 15 is 0 Å². The van der Waals surface area contributed by atoms with E-state index in [1.54, 1.807) is 19.3 Å². The monoisotopic (exact) mass is 343 g/mol. The Morgan fingerprint density at radius 2 is 2.16 bits per heavy atom. The van der Waals surface area contributed by atoms with Crippen LogP contribution in [0.4, 0.5) is 5.82 Å². The molecule has 132 valence electrons. The number of aromatic nitrogens is 3. The molecule has 25 heavy (non-hydrogen) atoms. The average Bonchev–Trinajstić information content (AvgIpc) is 2.59. The number of nitrogens with zero attached hydrogens (tertiary/aromatic N) is 3. The molecule has 2 atom stereocenters. The lowest BCUT2D eigenvalue weighted by atomic mass is 10.0. The zero-order valence-corrected chi connectivity index (χ0v) is 14.2. The molecule has 1 fully saturated rings. The van der Waals surface area contributed by atoms with Crippen molar-refractivity contribution in [3.63, 3.8) is 0 Å². The summed E-state index contributed by atoms with van der Waals surface area (Å²) in [6.07, 6.45) is 3.92. The number of carbonyl (C=O) groups is 1. The van der Waals surface area contributed by atoms with Crippen LogP contribution >= 0.6 is 0 Å². The summed E-state index contributed by atoms with van der Waals surface area (Å²) in [6.45, 7) is 2.88. The minimum Gasteiger partial charge on any atom is -0.379 e.